The molecule has 5 heteroatoms. The zero-order valence-electron chi connectivity index (χ0n) is 17.8. The van der Waals surface area contributed by atoms with Gasteiger partial charge in [-0.2, -0.15) is 0 Å². The summed E-state index contributed by atoms with van der Waals surface area (Å²) in [6.45, 7) is 8.97. The molecule has 0 heterocycles. The van der Waals surface area contributed by atoms with Crippen LogP contribution in [-0.4, -0.2) is 29.3 Å². The Balaban J connectivity index is 2.22. The van der Waals surface area contributed by atoms with Crippen LogP contribution in [0.4, 0.5) is 0 Å². The van der Waals surface area contributed by atoms with Crippen LogP contribution in [-0.2, 0) is 22.6 Å². The highest BCUT2D eigenvalue weighted by Crippen LogP contribution is 2.17. The molecule has 1 N–H and O–H groups in total. The summed E-state index contributed by atoms with van der Waals surface area (Å²) in [5, 5.41) is 2.96. The molecule has 156 valence electrons. The third-order valence-electron chi connectivity index (χ3n) is 5.11. The normalized spacial score (nSPS) is 11.8. The average molecular weight is 459 g/mol. The maximum atomic E-state index is 13.3. The first-order valence-electron chi connectivity index (χ1n) is 10.2. The van der Waals surface area contributed by atoms with Crippen LogP contribution in [0.15, 0.2) is 46.9 Å². The van der Waals surface area contributed by atoms with E-state index >= 15 is 0 Å². The molecule has 2 aromatic carbocycles. The highest BCUT2D eigenvalue weighted by molar-refractivity contribution is 9.10. The minimum Gasteiger partial charge on any atom is -0.354 e. The van der Waals surface area contributed by atoms with Crippen LogP contribution >= 0.6 is 15.9 Å². The van der Waals surface area contributed by atoms with Gasteiger partial charge in [-0.05, 0) is 56.0 Å². The standard InChI is InChI=1S/C24H31BrN2O2/c1-5-6-13-26-24(29)19(4)27(16-20-9-11-22(25)12-10-20)23(28)15-21-14-17(2)7-8-18(21)3/h7-12,14,19H,5-6,13,15-16H2,1-4H3,(H,26,29)/t19-/m0/s1. The lowest BCUT2D eigenvalue weighted by atomic mass is 10.0. The summed E-state index contributed by atoms with van der Waals surface area (Å²) in [7, 11) is 0. The number of halogens is 1. The van der Waals surface area contributed by atoms with Gasteiger partial charge < -0.3 is 10.2 Å². The van der Waals surface area contributed by atoms with Crippen molar-refractivity contribution in [2.24, 2.45) is 0 Å². The SMILES string of the molecule is CCCCNC(=O)[C@H](C)N(Cc1ccc(Br)cc1)C(=O)Cc1cc(C)ccc1C. The summed E-state index contributed by atoms with van der Waals surface area (Å²) < 4.78 is 0.986. The van der Waals surface area contributed by atoms with Gasteiger partial charge in [-0.3, -0.25) is 9.59 Å². The summed E-state index contributed by atoms with van der Waals surface area (Å²) in [5.41, 5.74) is 4.22. The molecule has 2 amide bonds. The van der Waals surface area contributed by atoms with Gasteiger partial charge in [-0.1, -0.05) is 65.2 Å². The first kappa shape index (κ1) is 23.1. The summed E-state index contributed by atoms with van der Waals surface area (Å²) in [6.07, 6.45) is 2.24. The van der Waals surface area contributed by atoms with Crippen molar-refractivity contribution in [1.82, 2.24) is 10.2 Å². The Morgan fingerprint density at radius 1 is 1.10 bits per heavy atom. The minimum atomic E-state index is -0.534. The Morgan fingerprint density at radius 3 is 2.45 bits per heavy atom. The maximum absolute atomic E-state index is 13.3. The zero-order valence-corrected chi connectivity index (χ0v) is 19.4. The molecule has 0 radical (unpaired) electrons. The molecule has 0 saturated heterocycles. The lowest BCUT2D eigenvalue weighted by Crippen LogP contribution is -2.48. The number of hydrogen-bond donors (Lipinski definition) is 1. The highest BCUT2D eigenvalue weighted by atomic mass is 79.9. The fourth-order valence-corrected chi connectivity index (χ4v) is 3.42. The Kier molecular flexibility index (Phi) is 8.90. The number of aryl methyl sites for hydroxylation is 2. The number of unbranched alkanes of at least 4 members (excludes halogenated alkanes) is 1. The lowest BCUT2D eigenvalue weighted by molar-refractivity contribution is -0.140. The van der Waals surface area contributed by atoms with Crippen molar-refractivity contribution in [3.05, 3.63) is 69.2 Å². The monoisotopic (exact) mass is 458 g/mol. The second kappa shape index (κ2) is 11.1. The van der Waals surface area contributed by atoms with E-state index in [4.69, 9.17) is 0 Å². The van der Waals surface area contributed by atoms with E-state index in [0.29, 0.717) is 13.1 Å². The lowest BCUT2D eigenvalue weighted by Gasteiger charge is -2.29. The van der Waals surface area contributed by atoms with Crippen molar-refractivity contribution in [3.8, 4) is 0 Å². The number of benzene rings is 2. The number of nitrogens with zero attached hydrogens (tertiary/aromatic N) is 1. The molecule has 2 rings (SSSR count). The predicted molar refractivity (Wildman–Crippen MR) is 122 cm³/mol. The molecular formula is C24H31BrN2O2. The summed E-state index contributed by atoms with van der Waals surface area (Å²) in [4.78, 5) is 27.6. The van der Waals surface area contributed by atoms with Crippen LogP contribution in [0.3, 0.4) is 0 Å². The van der Waals surface area contributed by atoms with Crippen molar-refractivity contribution < 1.29 is 9.59 Å². The Hall–Kier alpha value is -2.14. The fourth-order valence-electron chi connectivity index (χ4n) is 3.16. The van der Waals surface area contributed by atoms with E-state index in [2.05, 4.69) is 34.2 Å². The van der Waals surface area contributed by atoms with Gasteiger partial charge in [0.05, 0.1) is 6.42 Å². The van der Waals surface area contributed by atoms with Crippen molar-refractivity contribution in [2.45, 2.75) is 59.5 Å². The number of amides is 2. The van der Waals surface area contributed by atoms with Crippen molar-refractivity contribution >= 4 is 27.7 Å². The van der Waals surface area contributed by atoms with Crippen LogP contribution in [0.1, 0.15) is 48.9 Å². The minimum absolute atomic E-state index is 0.0419. The third kappa shape index (κ3) is 7.00. The van der Waals surface area contributed by atoms with Gasteiger partial charge in [0.15, 0.2) is 0 Å². The molecule has 0 bridgehead atoms. The summed E-state index contributed by atoms with van der Waals surface area (Å²) >= 11 is 3.44. The van der Waals surface area contributed by atoms with E-state index in [-0.39, 0.29) is 18.2 Å². The van der Waals surface area contributed by atoms with Crippen LogP contribution in [0.25, 0.3) is 0 Å². The first-order valence-corrected chi connectivity index (χ1v) is 11.0. The highest BCUT2D eigenvalue weighted by Gasteiger charge is 2.26. The Bertz CT molecular complexity index is 833. The summed E-state index contributed by atoms with van der Waals surface area (Å²) in [5.74, 6) is -0.148. The third-order valence-corrected chi connectivity index (χ3v) is 5.64. The van der Waals surface area contributed by atoms with Crippen molar-refractivity contribution in [1.29, 1.82) is 0 Å². The molecule has 0 aliphatic rings. The molecule has 2 aromatic rings. The van der Waals surface area contributed by atoms with E-state index in [1.807, 2.05) is 50.2 Å². The van der Waals surface area contributed by atoms with Crippen LogP contribution in [0.5, 0.6) is 0 Å². The molecule has 0 aromatic heterocycles. The number of carbonyl (C=O) groups is 2. The molecule has 0 fully saturated rings. The van der Waals surface area contributed by atoms with E-state index < -0.39 is 6.04 Å². The number of nitrogens with one attached hydrogen (secondary N) is 1. The van der Waals surface area contributed by atoms with Gasteiger partial charge in [0, 0.05) is 17.6 Å². The molecular weight excluding hydrogens is 428 g/mol. The van der Waals surface area contributed by atoms with E-state index in [9.17, 15) is 9.59 Å². The number of carbonyl (C=O) groups excluding carboxylic acids is 2. The predicted octanol–water partition coefficient (Wildman–Crippen LogP) is 4.94. The molecule has 0 saturated carbocycles. The molecule has 0 aliphatic heterocycles. The maximum Gasteiger partial charge on any atom is 0.242 e. The van der Waals surface area contributed by atoms with Gasteiger partial charge in [0.2, 0.25) is 11.8 Å². The van der Waals surface area contributed by atoms with Crippen LogP contribution in [0.2, 0.25) is 0 Å². The van der Waals surface area contributed by atoms with E-state index in [1.54, 1.807) is 11.8 Å². The number of rotatable bonds is 9. The quantitative estimate of drug-likeness (QED) is 0.540. The van der Waals surface area contributed by atoms with Gasteiger partial charge in [0.1, 0.15) is 6.04 Å². The summed E-state index contributed by atoms with van der Waals surface area (Å²) in [6, 6.07) is 13.5. The largest absolute Gasteiger partial charge is 0.354 e. The van der Waals surface area contributed by atoms with Crippen LogP contribution in [0, 0.1) is 13.8 Å². The fraction of sp³-hybridized carbons (Fsp3) is 0.417. The Labute approximate surface area is 182 Å². The molecule has 29 heavy (non-hydrogen) atoms. The molecule has 0 aliphatic carbocycles. The second-order valence-corrected chi connectivity index (χ2v) is 8.49. The second-order valence-electron chi connectivity index (χ2n) is 7.58. The molecule has 0 spiro atoms. The van der Waals surface area contributed by atoms with Gasteiger partial charge >= 0.3 is 0 Å². The smallest absolute Gasteiger partial charge is 0.242 e. The topological polar surface area (TPSA) is 49.4 Å². The van der Waals surface area contributed by atoms with E-state index in [1.165, 1.54) is 0 Å². The average Bonchev–Trinajstić information content (AvgIpc) is 2.69. The van der Waals surface area contributed by atoms with Crippen LogP contribution < -0.4 is 5.32 Å². The van der Waals surface area contributed by atoms with Crippen molar-refractivity contribution in [3.63, 3.8) is 0 Å². The molecule has 1 atom stereocenters. The Morgan fingerprint density at radius 2 is 1.79 bits per heavy atom. The van der Waals surface area contributed by atoms with E-state index in [0.717, 1.165) is 39.6 Å². The molecule has 4 nitrogen and oxygen atoms in total. The molecule has 0 unspecified atom stereocenters. The first-order chi connectivity index (χ1) is 13.8. The van der Waals surface area contributed by atoms with Gasteiger partial charge in [0.25, 0.3) is 0 Å². The van der Waals surface area contributed by atoms with Gasteiger partial charge in [-0.25, -0.2) is 0 Å². The van der Waals surface area contributed by atoms with Gasteiger partial charge in [-0.15, -0.1) is 0 Å². The zero-order chi connectivity index (χ0) is 21.4. The number of hydrogen-bond acceptors (Lipinski definition) is 2. The van der Waals surface area contributed by atoms with Crippen molar-refractivity contribution in [2.75, 3.05) is 6.54 Å².